The Morgan fingerprint density at radius 2 is 1.78 bits per heavy atom. The van der Waals surface area contributed by atoms with Gasteiger partial charge in [-0.25, -0.2) is 19.8 Å². The topological polar surface area (TPSA) is 136 Å². The Labute approximate surface area is 305 Å². The van der Waals surface area contributed by atoms with E-state index < -0.39 is 12.0 Å². The molecule has 1 aliphatic heterocycles. The van der Waals surface area contributed by atoms with Crippen LogP contribution in [0.3, 0.4) is 0 Å². The maximum absolute atomic E-state index is 14.3. The Kier molecular flexibility index (Phi) is 11.1. The fourth-order valence-electron chi connectivity index (χ4n) is 6.21. The zero-order valence-electron chi connectivity index (χ0n) is 26.4. The van der Waals surface area contributed by atoms with Gasteiger partial charge in [-0.1, -0.05) is 61.9 Å². The molecule has 3 heterocycles. The summed E-state index contributed by atoms with van der Waals surface area (Å²) in [6.07, 6.45) is 5.66. The number of hydrogen-bond acceptors (Lipinski definition) is 9. The van der Waals surface area contributed by atoms with Crippen molar-refractivity contribution in [3.63, 3.8) is 0 Å². The molecule has 2 aromatic carbocycles. The third-order valence-corrected chi connectivity index (χ3v) is 8.32. The second kappa shape index (κ2) is 14.7. The number of aliphatic hydroxyl groups excluding tert-OH is 1. The number of ether oxygens (including phenoxy) is 1. The number of aromatic nitrogens is 4. The van der Waals surface area contributed by atoms with Crippen LogP contribution in [0.1, 0.15) is 81.3 Å². The number of aliphatic imine (C=N–C) groups is 1. The van der Waals surface area contributed by atoms with Gasteiger partial charge in [0.15, 0.2) is 5.84 Å². The van der Waals surface area contributed by atoms with E-state index in [0.717, 1.165) is 72.0 Å². The summed E-state index contributed by atoms with van der Waals surface area (Å²) in [5, 5.41) is 24.3. The molecule has 3 N–H and O–H groups in total. The van der Waals surface area contributed by atoms with E-state index in [1.165, 1.54) is 6.33 Å². The minimum absolute atomic E-state index is 0. The molecule has 6 rings (SSSR count). The van der Waals surface area contributed by atoms with Gasteiger partial charge in [-0.2, -0.15) is 10.1 Å². The van der Waals surface area contributed by atoms with Crippen LogP contribution in [-0.4, -0.2) is 59.9 Å². The van der Waals surface area contributed by atoms with Gasteiger partial charge < -0.3 is 14.9 Å². The summed E-state index contributed by atoms with van der Waals surface area (Å²) in [6, 6.07) is 16.0. The average molecular weight is 640 g/mol. The molecule has 1 saturated carbocycles. The summed E-state index contributed by atoms with van der Waals surface area (Å²) >= 11 is 0. The number of nitrogens with zero attached hydrogens (tertiary/aromatic N) is 5. The normalized spacial score (nSPS) is 20.1. The van der Waals surface area contributed by atoms with E-state index in [2.05, 4.69) is 39.6 Å². The molecular formula is C33H40KN6O5+. The summed E-state index contributed by atoms with van der Waals surface area (Å²) in [6.45, 7) is 5.89. The van der Waals surface area contributed by atoms with Crippen molar-refractivity contribution >= 4 is 11.6 Å². The SMILES string of the molecule is CCCc1c(Cc2ccc(-c3ccccc3C3=NC(O)ON3)cc2)c(=O)n(C2CCC(OCC(C)(C)O)CC2)c2ncnn12.[K+]. The first kappa shape index (κ1) is 34.1. The van der Waals surface area contributed by atoms with Gasteiger partial charge in [0.25, 0.3) is 12.0 Å². The molecule has 2 aromatic heterocycles. The van der Waals surface area contributed by atoms with E-state index in [1.807, 2.05) is 45.5 Å². The molecule has 1 aliphatic carbocycles. The molecule has 1 fully saturated rings. The Balaban J connectivity index is 0.00000400. The minimum Gasteiger partial charge on any atom is -0.388 e. The predicted octanol–water partition coefficient (Wildman–Crippen LogP) is 0.934. The summed E-state index contributed by atoms with van der Waals surface area (Å²) in [4.78, 5) is 27.9. The number of rotatable bonds is 10. The zero-order valence-corrected chi connectivity index (χ0v) is 29.6. The second-order valence-electron chi connectivity index (χ2n) is 12.3. The van der Waals surface area contributed by atoms with Crippen LogP contribution >= 0.6 is 0 Å². The summed E-state index contributed by atoms with van der Waals surface area (Å²) in [5.41, 5.74) is 7.24. The number of nitrogens with one attached hydrogen (secondary N) is 1. The third kappa shape index (κ3) is 7.66. The minimum atomic E-state index is -1.23. The molecule has 12 heteroatoms. The number of amidine groups is 1. The fraction of sp³-hybridized carbons (Fsp3) is 0.455. The molecule has 1 atom stereocenters. The van der Waals surface area contributed by atoms with E-state index in [4.69, 9.17) is 9.57 Å². The molecule has 0 saturated heterocycles. The maximum Gasteiger partial charge on any atom is 1.00 e. The van der Waals surface area contributed by atoms with E-state index in [9.17, 15) is 15.0 Å². The molecule has 11 nitrogen and oxygen atoms in total. The van der Waals surface area contributed by atoms with Crippen molar-refractivity contribution in [3.05, 3.63) is 87.6 Å². The number of fused-ring (bicyclic) bond motifs is 1. The molecule has 232 valence electrons. The maximum atomic E-state index is 14.3. The zero-order chi connectivity index (χ0) is 30.8. The molecule has 45 heavy (non-hydrogen) atoms. The smallest absolute Gasteiger partial charge is 0.388 e. The molecule has 4 aromatic rings. The Morgan fingerprint density at radius 1 is 1.07 bits per heavy atom. The van der Waals surface area contributed by atoms with Gasteiger partial charge in [0.2, 0.25) is 5.78 Å². The van der Waals surface area contributed by atoms with Gasteiger partial charge in [-0.05, 0) is 62.6 Å². The van der Waals surface area contributed by atoms with Crippen molar-refractivity contribution in [2.45, 2.75) is 89.9 Å². The van der Waals surface area contributed by atoms with Crippen molar-refractivity contribution in [1.82, 2.24) is 24.6 Å². The van der Waals surface area contributed by atoms with E-state index in [1.54, 1.807) is 13.8 Å². The van der Waals surface area contributed by atoms with E-state index in [0.29, 0.717) is 24.6 Å². The first-order valence-corrected chi connectivity index (χ1v) is 15.4. The molecular weight excluding hydrogens is 599 g/mol. The second-order valence-corrected chi connectivity index (χ2v) is 12.3. The number of hydrogen-bond donors (Lipinski definition) is 3. The largest absolute Gasteiger partial charge is 1.00 e. The van der Waals surface area contributed by atoms with Crippen molar-refractivity contribution in [2.24, 2.45) is 4.99 Å². The number of aryl methyl sites for hydroxylation is 1. The van der Waals surface area contributed by atoms with Crippen molar-refractivity contribution in [3.8, 4) is 11.1 Å². The van der Waals surface area contributed by atoms with Crippen LogP contribution in [0, 0.1) is 0 Å². The fourth-order valence-corrected chi connectivity index (χ4v) is 6.21. The quantitative estimate of drug-likeness (QED) is 0.218. The Hall–Kier alpha value is -2.26. The standard InChI is InChI=1S/C33H40N6O5.K/c1-4-7-28-27(18-21-10-12-22(13-11-21)25-8-5-6-9-26(25)29-36-32(41)44-37-29)30(40)38(31-34-20-35-39(28)31)23-14-16-24(17-15-23)43-19-33(2,3)42;/h5-6,8-13,20,23-24,32,41-42H,4,7,14-19H2,1-3H3,(H,36,37);/q;+1. The molecule has 0 bridgehead atoms. The van der Waals surface area contributed by atoms with Gasteiger partial charge in [0.1, 0.15) is 6.33 Å². The van der Waals surface area contributed by atoms with Crippen LogP contribution in [0.15, 0.2) is 64.6 Å². The average Bonchev–Trinajstić information content (AvgIpc) is 3.68. The predicted molar refractivity (Wildman–Crippen MR) is 166 cm³/mol. The molecule has 1 unspecified atom stereocenters. The van der Waals surface area contributed by atoms with Gasteiger partial charge in [-0.15, -0.1) is 0 Å². The first-order valence-electron chi connectivity index (χ1n) is 15.4. The van der Waals surface area contributed by atoms with E-state index >= 15 is 0 Å². The van der Waals surface area contributed by atoms with Crippen molar-refractivity contribution in [2.75, 3.05) is 6.61 Å². The first-order chi connectivity index (χ1) is 21.2. The molecule has 0 radical (unpaired) electrons. The van der Waals surface area contributed by atoms with Crippen molar-refractivity contribution in [1.29, 1.82) is 0 Å². The molecule has 0 spiro atoms. The third-order valence-electron chi connectivity index (χ3n) is 8.32. The summed E-state index contributed by atoms with van der Waals surface area (Å²) in [7, 11) is 0. The van der Waals surface area contributed by atoms with Crippen LogP contribution in [-0.2, 0) is 22.4 Å². The molecule has 0 amide bonds. The summed E-state index contributed by atoms with van der Waals surface area (Å²) in [5.74, 6) is 1.06. The van der Waals surface area contributed by atoms with E-state index in [-0.39, 0.29) is 69.1 Å². The van der Waals surface area contributed by atoms with Crippen molar-refractivity contribution < 1.29 is 71.2 Å². The number of hydroxylamine groups is 1. The number of benzene rings is 2. The van der Waals surface area contributed by atoms with Gasteiger partial charge >= 0.3 is 51.4 Å². The van der Waals surface area contributed by atoms with Crippen LogP contribution in [0.2, 0.25) is 0 Å². The number of aliphatic hydroxyl groups is 2. The van der Waals surface area contributed by atoms with Gasteiger partial charge in [0, 0.05) is 23.6 Å². The van der Waals surface area contributed by atoms with Crippen LogP contribution < -0.4 is 62.4 Å². The van der Waals surface area contributed by atoms with Crippen LogP contribution in [0.5, 0.6) is 0 Å². The van der Waals surface area contributed by atoms with Crippen LogP contribution in [0.4, 0.5) is 0 Å². The Bertz CT molecular complexity index is 1700. The van der Waals surface area contributed by atoms with Crippen LogP contribution in [0.25, 0.3) is 16.9 Å². The summed E-state index contributed by atoms with van der Waals surface area (Å²) < 4.78 is 9.68. The molecule has 2 aliphatic rings. The van der Waals surface area contributed by atoms with Gasteiger partial charge in [-0.3, -0.25) is 9.36 Å². The Morgan fingerprint density at radius 3 is 2.42 bits per heavy atom. The monoisotopic (exact) mass is 639 g/mol. The van der Waals surface area contributed by atoms with Gasteiger partial charge in [0.05, 0.1) is 24.0 Å².